The van der Waals surface area contributed by atoms with Gasteiger partial charge in [0, 0.05) is 36.5 Å². The Labute approximate surface area is 147 Å². The normalized spacial score (nSPS) is 23.8. The van der Waals surface area contributed by atoms with Crippen molar-refractivity contribution in [2.75, 3.05) is 0 Å². The number of aromatic nitrogens is 2. The van der Waals surface area contributed by atoms with Gasteiger partial charge in [-0.3, -0.25) is 4.68 Å². The summed E-state index contributed by atoms with van der Waals surface area (Å²) in [6.45, 7) is 0. The Bertz CT molecular complexity index is 975. The van der Waals surface area contributed by atoms with Gasteiger partial charge in [0.15, 0.2) is 0 Å². The molecule has 1 fully saturated rings. The maximum atomic E-state index is 13.0. The second-order valence-corrected chi connectivity index (χ2v) is 8.06. The minimum absolute atomic E-state index is 0.0362. The molecule has 2 heterocycles. The first kappa shape index (κ1) is 17.2. The molecule has 1 aliphatic heterocycles. The monoisotopic (exact) mass is 385 g/mol. The van der Waals surface area contributed by atoms with E-state index in [1.165, 1.54) is 0 Å². The first-order valence-corrected chi connectivity index (χ1v) is 9.24. The molecular formula is C15H14F3N5O2S. The molecule has 138 valence electrons. The van der Waals surface area contributed by atoms with Crippen molar-refractivity contribution in [1.29, 1.82) is 0 Å². The summed E-state index contributed by atoms with van der Waals surface area (Å²) in [4.78, 5) is -0.102. The number of benzene rings is 1. The summed E-state index contributed by atoms with van der Waals surface area (Å²) in [6.07, 6.45) is -2.36. The van der Waals surface area contributed by atoms with E-state index in [4.69, 9.17) is 0 Å². The summed E-state index contributed by atoms with van der Waals surface area (Å²) in [7, 11) is -2.05. The largest absolute Gasteiger partial charge is 0.442 e. The van der Waals surface area contributed by atoms with Crippen molar-refractivity contribution in [1.82, 2.24) is 14.5 Å². The maximum Gasteiger partial charge on any atom is 0.442 e. The lowest BCUT2D eigenvalue weighted by molar-refractivity contribution is -0.166. The lowest BCUT2D eigenvalue weighted by Gasteiger charge is -2.15. The molecule has 4 rings (SSSR count). The number of rotatable bonds is 5. The summed E-state index contributed by atoms with van der Waals surface area (Å²) in [5.74, 6) is 0.0362. The first-order chi connectivity index (χ1) is 12.1. The molecule has 0 amide bonds. The van der Waals surface area contributed by atoms with Gasteiger partial charge in [0.2, 0.25) is 10.0 Å². The molecule has 2 aromatic rings. The number of halogens is 3. The van der Waals surface area contributed by atoms with Crippen LogP contribution in [0.5, 0.6) is 0 Å². The number of sulfonamides is 1. The maximum absolute atomic E-state index is 13.0. The van der Waals surface area contributed by atoms with Crippen LogP contribution in [0, 0.1) is 0 Å². The molecule has 1 aromatic carbocycles. The van der Waals surface area contributed by atoms with Crippen molar-refractivity contribution in [3.05, 3.63) is 47.8 Å². The fourth-order valence-electron chi connectivity index (χ4n) is 2.98. The van der Waals surface area contributed by atoms with Gasteiger partial charge in [-0.15, -0.1) is 10.2 Å². The molecule has 0 radical (unpaired) electrons. The highest BCUT2D eigenvalue weighted by Gasteiger charge is 2.65. The molecule has 26 heavy (non-hydrogen) atoms. The summed E-state index contributed by atoms with van der Waals surface area (Å²) < 4.78 is 68.1. The van der Waals surface area contributed by atoms with Crippen molar-refractivity contribution in [3.63, 3.8) is 0 Å². The van der Waals surface area contributed by atoms with Crippen LogP contribution in [0.4, 0.5) is 13.2 Å². The van der Waals surface area contributed by atoms with Gasteiger partial charge in [-0.05, 0) is 24.6 Å². The van der Waals surface area contributed by atoms with E-state index in [0.29, 0.717) is 6.42 Å². The van der Waals surface area contributed by atoms with Gasteiger partial charge in [0.1, 0.15) is 0 Å². The van der Waals surface area contributed by atoms with E-state index in [1.54, 1.807) is 17.9 Å². The molecule has 0 bridgehead atoms. The third-order valence-electron chi connectivity index (χ3n) is 4.60. The van der Waals surface area contributed by atoms with Crippen molar-refractivity contribution in [2.45, 2.75) is 35.1 Å². The van der Waals surface area contributed by atoms with E-state index < -0.39 is 21.9 Å². The van der Waals surface area contributed by atoms with Gasteiger partial charge in [-0.2, -0.15) is 18.3 Å². The molecule has 11 heteroatoms. The zero-order valence-corrected chi connectivity index (χ0v) is 14.3. The van der Waals surface area contributed by atoms with E-state index in [-0.39, 0.29) is 22.4 Å². The lowest BCUT2D eigenvalue weighted by atomic mass is 10.0. The second-order valence-electron chi connectivity index (χ2n) is 6.34. The third-order valence-corrected chi connectivity index (χ3v) is 6.10. The van der Waals surface area contributed by atoms with Crippen LogP contribution in [0.25, 0.3) is 0 Å². The Morgan fingerprint density at radius 3 is 2.35 bits per heavy atom. The molecule has 2 atom stereocenters. The molecule has 0 saturated heterocycles. The number of aryl methyl sites for hydroxylation is 1. The zero-order valence-electron chi connectivity index (χ0n) is 13.5. The van der Waals surface area contributed by atoms with Crippen LogP contribution in [0.1, 0.15) is 23.6 Å². The lowest BCUT2D eigenvalue weighted by Crippen LogP contribution is -2.30. The van der Waals surface area contributed by atoms with Crippen molar-refractivity contribution in [2.24, 2.45) is 17.3 Å². The molecule has 1 N–H and O–H groups in total. The van der Waals surface area contributed by atoms with Crippen molar-refractivity contribution in [3.8, 4) is 0 Å². The average Bonchev–Trinajstić information content (AvgIpc) is 3.46. The molecule has 2 aliphatic rings. The topological polar surface area (TPSA) is 88.7 Å². The van der Waals surface area contributed by atoms with Crippen LogP contribution in [0.2, 0.25) is 0 Å². The molecule has 1 aromatic heterocycles. The van der Waals surface area contributed by atoms with E-state index in [1.807, 2.05) is 6.07 Å². The van der Waals surface area contributed by atoms with Crippen molar-refractivity contribution >= 4 is 10.0 Å². The predicted molar refractivity (Wildman–Crippen MR) is 83.7 cm³/mol. The molecule has 1 saturated carbocycles. The standard InChI is InChI=1S/C15H14F3N5O2S/c1-23-13(6-7-19-23)11-8-12(11)20-26(24,25)10-4-2-9(3-5-10)14(21-22-14)15(16,17)18/h2-7,11-12,20H,8H2,1H3/t11-,12-/m1/s1. The summed E-state index contributed by atoms with van der Waals surface area (Å²) >= 11 is 0. The number of hydrogen-bond acceptors (Lipinski definition) is 5. The minimum atomic E-state index is -4.64. The van der Waals surface area contributed by atoms with E-state index >= 15 is 0 Å². The fourth-order valence-corrected chi connectivity index (χ4v) is 4.27. The van der Waals surface area contributed by atoms with Crippen LogP contribution in [0.3, 0.4) is 0 Å². The van der Waals surface area contributed by atoms with Gasteiger partial charge < -0.3 is 0 Å². The molecule has 0 spiro atoms. The summed E-state index contributed by atoms with van der Waals surface area (Å²) in [5.41, 5.74) is -1.83. The Kier molecular flexibility index (Phi) is 3.54. The number of alkyl halides is 3. The van der Waals surface area contributed by atoms with Gasteiger partial charge in [0.05, 0.1) is 4.90 Å². The third kappa shape index (κ3) is 2.71. The van der Waals surface area contributed by atoms with Crippen LogP contribution < -0.4 is 4.72 Å². The summed E-state index contributed by atoms with van der Waals surface area (Å²) in [6, 6.07) is 6.02. The van der Waals surface area contributed by atoms with Crippen LogP contribution >= 0.6 is 0 Å². The molecule has 1 aliphatic carbocycles. The number of nitrogens with zero attached hydrogens (tertiary/aromatic N) is 4. The highest BCUT2D eigenvalue weighted by molar-refractivity contribution is 7.89. The molecule has 0 unspecified atom stereocenters. The highest BCUT2D eigenvalue weighted by Crippen LogP contribution is 2.52. The summed E-state index contributed by atoms with van der Waals surface area (Å²) in [5, 5.41) is 10.3. The Morgan fingerprint density at radius 2 is 1.85 bits per heavy atom. The second kappa shape index (κ2) is 5.36. The SMILES string of the molecule is Cn1nccc1[C@@H]1C[C@H]1NS(=O)(=O)c1ccc(C2(C(F)(F)F)N=N2)cc1. The van der Waals surface area contributed by atoms with E-state index in [0.717, 1.165) is 30.0 Å². The van der Waals surface area contributed by atoms with Crippen LogP contribution in [-0.4, -0.2) is 30.4 Å². The van der Waals surface area contributed by atoms with Gasteiger partial charge in [0.25, 0.3) is 0 Å². The van der Waals surface area contributed by atoms with Gasteiger partial charge in [-0.25, -0.2) is 13.1 Å². The Hall–Kier alpha value is -2.27. The first-order valence-electron chi connectivity index (χ1n) is 7.76. The Morgan fingerprint density at radius 1 is 1.19 bits per heavy atom. The highest BCUT2D eigenvalue weighted by atomic mass is 32.2. The number of nitrogens with one attached hydrogen (secondary N) is 1. The Balaban J connectivity index is 1.48. The number of hydrogen-bond donors (Lipinski definition) is 1. The van der Waals surface area contributed by atoms with E-state index in [9.17, 15) is 21.6 Å². The van der Waals surface area contributed by atoms with Gasteiger partial charge in [-0.1, -0.05) is 12.1 Å². The zero-order chi connectivity index (χ0) is 18.7. The fraction of sp³-hybridized carbons (Fsp3) is 0.400. The minimum Gasteiger partial charge on any atom is -0.272 e. The van der Waals surface area contributed by atoms with Gasteiger partial charge >= 0.3 is 11.8 Å². The molecule has 7 nitrogen and oxygen atoms in total. The molecular weight excluding hydrogens is 371 g/mol. The van der Waals surface area contributed by atoms with Crippen LogP contribution in [-0.2, 0) is 22.7 Å². The smallest absolute Gasteiger partial charge is 0.272 e. The van der Waals surface area contributed by atoms with Crippen LogP contribution in [0.15, 0.2) is 51.7 Å². The quantitative estimate of drug-likeness (QED) is 0.857. The van der Waals surface area contributed by atoms with Crippen molar-refractivity contribution < 1.29 is 21.6 Å². The van der Waals surface area contributed by atoms with E-state index in [2.05, 4.69) is 20.0 Å². The predicted octanol–water partition coefficient (Wildman–Crippen LogP) is 2.44. The average molecular weight is 385 g/mol.